The number of hydrogen-bond acceptors (Lipinski definition) is 6. The Bertz CT molecular complexity index is 491. The van der Waals surface area contributed by atoms with Crippen LogP contribution in [0.5, 0.6) is 0 Å². The maximum Gasteiger partial charge on any atom is 0.345 e. The number of rotatable bonds is 5. The van der Waals surface area contributed by atoms with E-state index in [-0.39, 0.29) is 24.1 Å². The first-order valence-corrected chi connectivity index (χ1v) is 7.02. The molecule has 2 aliphatic rings. The van der Waals surface area contributed by atoms with E-state index in [0.29, 0.717) is 19.0 Å². The van der Waals surface area contributed by atoms with E-state index in [2.05, 4.69) is 17.1 Å². The van der Waals surface area contributed by atoms with E-state index in [4.69, 9.17) is 15.0 Å². The minimum absolute atomic E-state index is 0.0322. The Labute approximate surface area is 116 Å². The zero-order valence-electron chi connectivity index (χ0n) is 11.5. The molecular formula is C12H19N5O3. The van der Waals surface area contributed by atoms with Crippen molar-refractivity contribution >= 4 is 12.0 Å². The molecule has 0 saturated carbocycles. The fraction of sp³-hybridized carbons (Fsp3) is 0.750. The van der Waals surface area contributed by atoms with Crippen molar-refractivity contribution in [1.29, 1.82) is 0 Å². The van der Waals surface area contributed by atoms with Gasteiger partial charge >= 0.3 is 12.0 Å². The predicted octanol–water partition coefficient (Wildman–Crippen LogP) is 1.32. The molecule has 0 aromatic carbocycles. The highest BCUT2D eigenvalue weighted by Gasteiger charge is 2.47. The quantitative estimate of drug-likeness (QED) is 0.817. The maximum absolute atomic E-state index is 12.4. The lowest BCUT2D eigenvalue weighted by Gasteiger charge is -2.27. The Morgan fingerprint density at radius 1 is 1.45 bits per heavy atom. The van der Waals surface area contributed by atoms with Gasteiger partial charge in [-0.05, 0) is 19.3 Å². The Morgan fingerprint density at radius 3 is 3.00 bits per heavy atom. The van der Waals surface area contributed by atoms with Crippen LogP contribution in [0, 0.1) is 0 Å². The Balaban J connectivity index is 1.70. The third-order valence-corrected chi connectivity index (χ3v) is 3.79. The highest BCUT2D eigenvalue weighted by molar-refractivity contribution is 5.77. The second kappa shape index (κ2) is 5.28. The summed E-state index contributed by atoms with van der Waals surface area (Å²) in [5.41, 5.74) is 5.45. The van der Waals surface area contributed by atoms with E-state index < -0.39 is 0 Å². The molecule has 0 radical (unpaired) electrons. The number of amides is 2. The number of urea groups is 1. The van der Waals surface area contributed by atoms with Crippen molar-refractivity contribution in [1.82, 2.24) is 20.2 Å². The van der Waals surface area contributed by atoms with E-state index in [0.717, 1.165) is 25.7 Å². The summed E-state index contributed by atoms with van der Waals surface area (Å²) >= 11 is 0. The van der Waals surface area contributed by atoms with Crippen LogP contribution in [0.1, 0.15) is 44.5 Å². The highest BCUT2D eigenvalue weighted by atomic mass is 16.7. The largest absolute Gasteiger partial charge is 0.406 e. The summed E-state index contributed by atoms with van der Waals surface area (Å²) < 4.78 is 5.26. The number of anilines is 1. The summed E-state index contributed by atoms with van der Waals surface area (Å²) in [4.78, 5) is 19.7. The molecule has 0 aliphatic carbocycles. The van der Waals surface area contributed by atoms with E-state index in [1.54, 1.807) is 4.90 Å². The predicted molar refractivity (Wildman–Crippen MR) is 69.3 cm³/mol. The average molecular weight is 281 g/mol. The number of fused-ring (bicyclic) bond motifs is 2. The van der Waals surface area contributed by atoms with Gasteiger partial charge in [0, 0.05) is 6.54 Å². The van der Waals surface area contributed by atoms with Gasteiger partial charge in [-0.2, -0.15) is 5.06 Å². The third kappa shape index (κ3) is 2.20. The van der Waals surface area contributed by atoms with Gasteiger partial charge in [0.05, 0.1) is 12.6 Å². The van der Waals surface area contributed by atoms with Crippen molar-refractivity contribution in [3.8, 4) is 0 Å². The topological polar surface area (TPSA) is 97.7 Å². The SMILES string of the molecule is CCCCON1C(=O)N2C[C@@H]1CC[C@H]2c1nnc(N)o1. The molecule has 20 heavy (non-hydrogen) atoms. The number of aromatic nitrogens is 2. The van der Waals surface area contributed by atoms with Crippen LogP contribution in [-0.4, -0.2) is 45.4 Å². The van der Waals surface area contributed by atoms with Gasteiger partial charge in [-0.25, -0.2) is 4.79 Å². The van der Waals surface area contributed by atoms with Crippen LogP contribution in [-0.2, 0) is 4.84 Å². The van der Waals surface area contributed by atoms with Crippen LogP contribution in [0.15, 0.2) is 4.42 Å². The molecule has 2 bridgehead atoms. The average Bonchev–Trinajstić information content (AvgIpc) is 2.97. The molecule has 110 valence electrons. The van der Waals surface area contributed by atoms with Crippen molar-refractivity contribution in [3.63, 3.8) is 0 Å². The molecule has 0 unspecified atom stereocenters. The molecule has 3 heterocycles. The van der Waals surface area contributed by atoms with Gasteiger partial charge in [0.1, 0.15) is 6.04 Å². The second-order valence-electron chi connectivity index (χ2n) is 5.17. The molecule has 2 N–H and O–H groups in total. The van der Waals surface area contributed by atoms with Gasteiger partial charge in [-0.1, -0.05) is 18.4 Å². The van der Waals surface area contributed by atoms with Gasteiger partial charge < -0.3 is 15.1 Å². The van der Waals surface area contributed by atoms with Crippen LogP contribution >= 0.6 is 0 Å². The molecule has 8 nitrogen and oxygen atoms in total. The first-order chi connectivity index (χ1) is 9.70. The molecule has 2 amide bonds. The molecule has 3 rings (SSSR count). The Hall–Kier alpha value is -1.83. The number of nitrogens with zero attached hydrogens (tertiary/aromatic N) is 4. The first kappa shape index (κ1) is 13.2. The van der Waals surface area contributed by atoms with Gasteiger partial charge in [0.15, 0.2) is 0 Å². The van der Waals surface area contributed by atoms with Gasteiger partial charge in [0.25, 0.3) is 0 Å². The number of nitrogens with two attached hydrogens (primary N) is 1. The smallest absolute Gasteiger partial charge is 0.345 e. The molecule has 2 aliphatic heterocycles. The number of carbonyl (C=O) groups is 1. The van der Waals surface area contributed by atoms with Gasteiger partial charge in [-0.3, -0.25) is 4.84 Å². The number of hydroxylamine groups is 2. The van der Waals surface area contributed by atoms with Crippen molar-refractivity contribution < 1.29 is 14.0 Å². The molecule has 1 aromatic rings. The number of carbonyl (C=O) groups excluding carboxylic acids is 1. The normalized spacial score (nSPS) is 25.6. The summed E-state index contributed by atoms with van der Waals surface area (Å²) in [6, 6.07) is -0.158. The summed E-state index contributed by atoms with van der Waals surface area (Å²) in [6.45, 7) is 3.30. The number of unbranched alkanes of at least 4 members (excludes halogenated alkanes) is 1. The lowest BCUT2D eigenvalue weighted by molar-refractivity contribution is -0.130. The fourth-order valence-corrected chi connectivity index (χ4v) is 2.74. The van der Waals surface area contributed by atoms with Crippen LogP contribution < -0.4 is 5.73 Å². The highest BCUT2D eigenvalue weighted by Crippen LogP contribution is 2.38. The molecule has 2 fully saturated rings. The molecule has 1 aromatic heterocycles. The summed E-state index contributed by atoms with van der Waals surface area (Å²) in [5.74, 6) is 0.407. The minimum atomic E-state index is -0.191. The second-order valence-corrected chi connectivity index (χ2v) is 5.17. The van der Waals surface area contributed by atoms with Crippen molar-refractivity contribution in [2.24, 2.45) is 0 Å². The van der Waals surface area contributed by atoms with Crippen LogP contribution in [0.3, 0.4) is 0 Å². The summed E-state index contributed by atoms with van der Waals surface area (Å²) in [5, 5.41) is 9.06. The fourth-order valence-electron chi connectivity index (χ4n) is 2.74. The van der Waals surface area contributed by atoms with Crippen molar-refractivity contribution in [2.75, 3.05) is 18.9 Å². The Kier molecular flexibility index (Phi) is 3.47. The van der Waals surface area contributed by atoms with Gasteiger partial charge in [0.2, 0.25) is 5.89 Å². The monoisotopic (exact) mass is 281 g/mol. The van der Waals surface area contributed by atoms with Gasteiger partial charge in [-0.15, -0.1) is 5.10 Å². The summed E-state index contributed by atoms with van der Waals surface area (Å²) in [6.07, 6.45) is 3.63. The van der Waals surface area contributed by atoms with E-state index in [1.165, 1.54) is 5.06 Å². The number of hydrogen-bond donors (Lipinski definition) is 1. The number of nitrogen functional groups attached to an aromatic ring is 1. The Morgan fingerprint density at radius 2 is 2.30 bits per heavy atom. The van der Waals surface area contributed by atoms with Crippen molar-refractivity contribution in [2.45, 2.75) is 44.7 Å². The molecule has 2 atom stereocenters. The lowest BCUT2D eigenvalue weighted by Crippen LogP contribution is -2.34. The number of piperidine rings is 1. The van der Waals surface area contributed by atoms with E-state index >= 15 is 0 Å². The van der Waals surface area contributed by atoms with Crippen LogP contribution in [0.2, 0.25) is 0 Å². The molecule has 8 heteroatoms. The van der Waals surface area contributed by atoms with Crippen LogP contribution in [0.25, 0.3) is 0 Å². The maximum atomic E-state index is 12.4. The lowest BCUT2D eigenvalue weighted by atomic mass is 10.0. The van der Waals surface area contributed by atoms with Crippen LogP contribution in [0.4, 0.5) is 10.8 Å². The summed E-state index contributed by atoms with van der Waals surface area (Å²) in [7, 11) is 0. The minimum Gasteiger partial charge on any atom is -0.406 e. The third-order valence-electron chi connectivity index (χ3n) is 3.79. The molecular weight excluding hydrogens is 262 g/mol. The zero-order valence-corrected chi connectivity index (χ0v) is 11.5. The van der Waals surface area contributed by atoms with E-state index in [9.17, 15) is 4.79 Å². The zero-order chi connectivity index (χ0) is 14.1. The first-order valence-electron chi connectivity index (χ1n) is 7.02. The molecule has 2 saturated heterocycles. The van der Waals surface area contributed by atoms with Crippen molar-refractivity contribution in [3.05, 3.63) is 5.89 Å². The standard InChI is InChI=1S/C12H19N5O3/c1-2-3-6-19-17-8-4-5-9(16(7-8)12(17)18)10-14-15-11(13)20-10/h8-9H,2-7H2,1H3,(H2,13,15)/t8-,9-/m0/s1. The molecule has 0 spiro atoms. The van der Waals surface area contributed by atoms with E-state index in [1.807, 2.05) is 0 Å².